The lowest BCUT2D eigenvalue weighted by Gasteiger charge is -2.33. The van der Waals surface area contributed by atoms with Crippen molar-refractivity contribution in [3.8, 4) is 23.5 Å². The van der Waals surface area contributed by atoms with Crippen LogP contribution in [0.2, 0.25) is 0 Å². The van der Waals surface area contributed by atoms with E-state index in [1.165, 1.54) is 18.1 Å². The summed E-state index contributed by atoms with van der Waals surface area (Å²) in [6.07, 6.45) is 7.66. The molecule has 2 unspecified atom stereocenters. The van der Waals surface area contributed by atoms with E-state index >= 15 is 0 Å². The van der Waals surface area contributed by atoms with E-state index in [0.717, 1.165) is 82.5 Å². The second-order valence-electron chi connectivity index (χ2n) is 17.6. The van der Waals surface area contributed by atoms with Gasteiger partial charge in [-0.05, 0) is 120 Å². The molecule has 0 bridgehead atoms. The number of methoxy groups -OCH3 is 1. The molecule has 4 aromatic rings. The number of alkyl halides is 1. The fourth-order valence-electron chi connectivity index (χ4n) is 9.92. The molecule has 2 aromatic carbocycles. The number of primary amides is 1. The van der Waals surface area contributed by atoms with E-state index in [9.17, 15) is 28.4 Å². The molecular weight excluding hydrogens is 808 g/mol. The monoisotopic (exact) mass is 864 g/mol. The average Bonchev–Trinajstić information content (AvgIpc) is 3.70. The van der Waals surface area contributed by atoms with E-state index in [2.05, 4.69) is 43.3 Å². The van der Waals surface area contributed by atoms with Gasteiger partial charge in [0.1, 0.15) is 18.4 Å². The SMILES string of the molecule is CCC1[C@H](F)C(=O)N[C@@H]1COc1ncc(C#CC2CCN(CCCC3CCN(Cc4ccc5c(c4)n(C)c(=O)n5C4CCC(=O)NC4=O)CC3)CC2)c2cc(C(N)=O)c(OC)cc12. The number of fused-ring (bicyclic) bond motifs is 2. The van der Waals surface area contributed by atoms with Gasteiger partial charge in [-0.3, -0.25) is 38.5 Å². The number of pyridine rings is 1. The topological polar surface area (TPSA) is 183 Å². The van der Waals surface area contributed by atoms with Gasteiger partial charge in [0.25, 0.3) is 11.8 Å². The predicted octanol–water partition coefficient (Wildman–Crippen LogP) is 3.97. The summed E-state index contributed by atoms with van der Waals surface area (Å²) in [5.41, 5.74) is 8.94. The molecule has 0 spiro atoms. The number of ether oxygens (including phenoxy) is 2. The second kappa shape index (κ2) is 18.9. The molecule has 4 saturated heterocycles. The molecule has 0 aliphatic carbocycles. The smallest absolute Gasteiger partial charge is 0.329 e. The third-order valence-corrected chi connectivity index (χ3v) is 13.7. The molecule has 4 aliphatic rings. The molecule has 4 fully saturated rings. The highest BCUT2D eigenvalue weighted by molar-refractivity contribution is 6.03. The Hall–Kier alpha value is -5.79. The zero-order valence-corrected chi connectivity index (χ0v) is 36.3. The van der Waals surface area contributed by atoms with Gasteiger partial charge >= 0.3 is 5.69 Å². The largest absolute Gasteiger partial charge is 0.496 e. The molecule has 334 valence electrons. The number of imide groups is 1. The van der Waals surface area contributed by atoms with Crippen LogP contribution in [0.4, 0.5) is 4.39 Å². The Labute approximate surface area is 365 Å². The maximum atomic E-state index is 14.4. The molecule has 63 heavy (non-hydrogen) atoms. The van der Waals surface area contributed by atoms with E-state index < -0.39 is 41.9 Å². The zero-order valence-electron chi connectivity index (χ0n) is 36.3. The summed E-state index contributed by atoms with van der Waals surface area (Å²) < 4.78 is 29.1. The van der Waals surface area contributed by atoms with Gasteiger partial charge in [-0.25, -0.2) is 14.2 Å². The molecule has 8 rings (SSSR count). The first-order chi connectivity index (χ1) is 30.4. The van der Waals surface area contributed by atoms with Gasteiger partial charge in [0, 0.05) is 48.8 Å². The third-order valence-electron chi connectivity index (χ3n) is 13.7. The van der Waals surface area contributed by atoms with Crippen molar-refractivity contribution in [2.45, 2.75) is 89.5 Å². The lowest BCUT2D eigenvalue weighted by atomic mass is 9.91. The average molecular weight is 865 g/mol. The third kappa shape index (κ3) is 9.31. The highest BCUT2D eigenvalue weighted by Gasteiger charge is 2.42. The Morgan fingerprint density at radius 2 is 1.73 bits per heavy atom. The molecule has 4 amide bonds. The van der Waals surface area contributed by atoms with Gasteiger partial charge in [-0.1, -0.05) is 24.8 Å². The number of piperidine rings is 3. The van der Waals surface area contributed by atoms with Crippen molar-refractivity contribution >= 4 is 45.4 Å². The summed E-state index contributed by atoms with van der Waals surface area (Å²) in [5, 5.41) is 6.28. The Balaban J connectivity index is 0.812. The van der Waals surface area contributed by atoms with Gasteiger partial charge in [0.2, 0.25) is 17.7 Å². The molecule has 2 aromatic heterocycles. The molecule has 4 N–H and O–H groups in total. The van der Waals surface area contributed by atoms with Gasteiger partial charge in [-0.15, -0.1) is 0 Å². The Morgan fingerprint density at radius 1 is 0.968 bits per heavy atom. The number of aromatic nitrogens is 3. The lowest BCUT2D eigenvalue weighted by Crippen LogP contribution is -2.44. The van der Waals surface area contributed by atoms with Gasteiger partial charge in [0.05, 0.1) is 35.3 Å². The number of halogens is 1. The molecule has 0 radical (unpaired) electrons. The van der Waals surface area contributed by atoms with E-state index in [0.29, 0.717) is 40.6 Å². The van der Waals surface area contributed by atoms with Crippen molar-refractivity contribution in [1.29, 1.82) is 0 Å². The van der Waals surface area contributed by atoms with Crippen molar-refractivity contribution in [3.63, 3.8) is 0 Å². The number of nitrogens with one attached hydrogen (secondary N) is 2. The number of hydrogen-bond acceptors (Lipinski definition) is 10. The van der Waals surface area contributed by atoms with Crippen LogP contribution < -0.4 is 31.5 Å². The molecule has 4 atom stereocenters. The van der Waals surface area contributed by atoms with Gasteiger partial charge in [-0.2, -0.15) is 0 Å². The summed E-state index contributed by atoms with van der Waals surface area (Å²) in [7, 11) is 3.18. The number of nitrogens with two attached hydrogens (primary N) is 1. The lowest BCUT2D eigenvalue weighted by molar-refractivity contribution is -0.135. The van der Waals surface area contributed by atoms with Crippen LogP contribution in [0.25, 0.3) is 21.8 Å². The quantitative estimate of drug-likeness (QED) is 0.131. The van der Waals surface area contributed by atoms with Crippen LogP contribution in [-0.4, -0.2) is 106 Å². The molecule has 4 aliphatic heterocycles. The number of aryl methyl sites for hydroxylation is 1. The fourth-order valence-corrected chi connectivity index (χ4v) is 9.92. The van der Waals surface area contributed by atoms with Crippen molar-refractivity contribution in [3.05, 3.63) is 63.7 Å². The Morgan fingerprint density at radius 3 is 2.44 bits per heavy atom. The van der Waals surface area contributed by atoms with Crippen LogP contribution in [0.5, 0.6) is 11.6 Å². The van der Waals surface area contributed by atoms with Crippen molar-refractivity contribution in [1.82, 2.24) is 34.6 Å². The number of imidazole rings is 1. The summed E-state index contributed by atoms with van der Waals surface area (Å²) in [5.74, 6) is 5.76. The minimum atomic E-state index is -1.58. The molecule has 0 saturated carbocycles. The van der Waals surface area contributed by atoms with Gasteiger partial charge in [0.15, 0.2) is 6.17 Å². The zero-order chi connectivity index (χ0) is 44.4. The summed E-state index contributed by atoms with van der Waals surface area (Å²) in [4.78, 5) is 71.4. The number of rotatable bonds is 13. The Kier molecular flexibility index (Phi) is 13.2. The maximum absolute atomic E-state index is 14.4. The summed E-state index contributed by atoms with van der Waals surface area (Å²) in [6.45, 7) is 7.77. The number of likely N-dealkylation sites (tertiary alicyclic amines) is 2. The number of amides is 4. The van der Waals surface area contributed by atoms with E-state index in [1.54, 1.807) is 29.9 Å². The van der Waals surface area contributed by atoms with Crippen LogP contribution >= 0.6 is 0 Å². The number of hydrogen-bond donors (Lipinski definition) is 3. The van der Waals surface area contributed by atoms with Crippen LogP contribution in [0.15, 0.2) is 41.3 Å². The maximum Gasteiger partial charge on any atom is 0.329 e. The fraction of sp³-hybridized carbons (Fsp3) is 0.532. The van der Waals surface area contributed by atoms with E-state index in [1.807, 2.05) is 19.1 Å². The first-order valence-electron chi connectivity index (χ1n) is 22.3. The Bertz CT molecular complexity index is 2530. The number of nitrogens with zero attached hydrogens (tertiary/aromatic N) is 5. The molecule has 6 heterocycles. The minimum Gasteiger partial charge on any atom is -0.496 e. The van der Waals surface area contributed by atoms with E-state index in [-0.39, 0.29) is 47.7 Å². The molecular formula is C47H57FN8O7. The first kappa shape index (κ1) is 43.8. The highest BCUT2D eigenvalue weighted by atomic mass is 19.1. The molecule has 16 heteroatoms. The van der Waals surface area contributed by atoms with Crippen LogP contribution in [0.3, 0.4) is 0 Å². The predicted molar refractivity (Wildman–Crippen MR) is 235 cm³/mol. The second-order valence-corrected chi connectivity index (χ2v) is 17.6. The van der Waals surface area contributed by atoms with Gasteiger partial charge < -0.3 is 25.4 Å². The summed E-state index contributed by atoms with van der Waals surface area (Å²) >= 11 is 0. The number of benzene rings is 2. The van der Waals surface area contributed by atoms with E-state index in [4.69, 9.17) is 15.2 Å². The van der Waals surface area contributed by atoms with Crippen molar-refractivity contribution in [2.24, 2.45) is 30.5 Å². The summed E-state index contributed by atoms with van der Waals surface area (Å²) in [6, 6.07) is 8.16. The minimum absolute atomic E-state index is 0.0355. The van der Waals surface area contributed by atoms with Crippen LogP contribution in [0, 0.1) is 29.6 Å². The molecule has 15 nitrogen and oxygen atoms in total. The van der Waals surface area contributed by atoms with Crippen molar-refractivity contribution in [2.75, 3.05) is 46.4 Å². The number of carbonyl (C=O) groups excluding carboxylic acids is 4. The normalized spacial score (nSPS) is 22.8. The standard InChI is InChI=1S/C47H57FN8O7/c1-4-32-36(51-45(60)42(32)48)27-63-46-34-24-40(62-3)35(43(49)58)23-33(34)31(25-50-46)9-7-29-13-18-54(19-14-29)17-5-6-28-15-20-55(21-16-28)26-30-8-10-37-39(22-30)53(2)47(61)56(37)38-11-12-41(57)52-44(38)59/h8,10,22-25,28-29,32,36,38,42H,4-6,11-21,26-27H2,1-3H3,(H2,49,58)(H,51,60)(H,52,57,59)/t32?,36-,38?,42+/m1/s1. The first-order valence-corrected chi connectivity index (χ1v) is 22.3. The number of carbonyl (C=O) groups is 4. The van der Waals surface area contributed by atoms with Crippen molar-refractivity contribution < 1.29 is 33.0 Å². The van der Waals surface area contributed by atoms with Crippen LogP contribution in [0.1, 0.15) is 92.2 Å². The highest BCUT2D eigenvalue weighted by Crippen LogP contribution is 2.34. The van der Waals surface area contributed by atoms with Crippen LogP contribution in [-0.2, 0) is 28.0 Å².